The first-order valence-electron chi connectivity index (χ1n) is 7.98. The lowest BCUT2D eigenvalue weighted by Crippen LogP contribution is -2.39. The van der Waals surface area contributed by atoms with E-state index in [-0.39, 0.29) is 17.3 Å². The molecule has 0 aliphatic rings. The van der Waals surface area contributed by atoms with Gasteiger partial charge in [0, 0.05) is 14.1 Å². The number of thiazole rings is 1. The average Bonchev–Trinajstić information content (AvgIpc) is 3.04. The van der Waals surface area contributed by atoms with Crippen molar-refractivity contribution in [3.63, 3.8) is 0 Å². The van der Waals surface area contributed by atoms with Crippen LogP contribution in [-0.4, -0.2) is 49.2 Å². The van der Waals surface area contributed by atoms with Crippen LogP contribution in [0.15, 0.2) is 59.5 Å². The Kier molecular flexibility index (Phi) is 5.36. The second-order valence-corrected chi connectivity index (χ2v) is 9.06. The van der Waals surface area contributed by atoms with E-state index in [1.165, 1.54) is 35.4 Å². The minimum Gasteiger partial charge on any atom is -0.338 e. The Bertz CT molecular complexity index is 983. The topological polar surface area (TPSA) is 70.6 Å². The van der Waals surface area contributed by atoms with Crippen LogP contribution in [0.4, 0.5) is 0 Å². The fraction of sp³-hybridized carbons (Fsp3) is 0.222. The van der Waals surface area contributed by atoms with Crippen LogP contribution in [0.5, 0.6) is 0 Å². The van der Waals surface area contributed by atoms with E-state index in [1.807, 2.05) is 24.3 Å². The fourth-order valence-electron chi connectivity index (χ4n) is 2.45. The Morgan fingerprint density at radius 1 is 1.04 bits per heavy atom. The van der Waals surface area contributed by atoms with Gasteiger partial charge in [-0.15, -0.1) is 11.3 Å². The van der Waals surface area contributed by atoms with Gasteiger partial charge in [-0.1, -0.05) is 30.3 Å². The molecule has 1 amide bonds. The minimum atomic E-state index is -3.69. The van der Waals surface area contributed by atoms with Gasteiger partial charge in [0.1, 0.15) is 5.01 Å². The Morgan fingerprint density at radius 2 is 1.69 bits per heavy atom. The first-order chi connectivity index (χ1) is 12.4. The van der Waals surface area contributed by atoms with Crippen molar-refractivity contribution in [2.45, 2.75) is 11.4 Å². The van der Waals surface area contributed by atoms with Crippen molar-refractivity contribution in [3.8, 4) is 0 Å². The predicted molar refractivity (Wildman–Crippen MR) is 102 cm³/mol. The molecular formula is C18H19N3O3S2. The number of sulfonamides is 1. The van der Waals surface area contributed by atoms with E-state index in [4.69, 9.17) is 0 Å². The molecule has 0 unspecified atom stereocenters. The van der Waals surface area contributed by atoms with Crippen LogP contribution >= 0.6 is 11.3 Å². The van der Waals surface area contributed by atoms with Crippen LogP contribution < -0.4 is 0 Å². The van der Waals surface area contributed by atoms with Crippen LogP contribution in [0.2, 0.25) is 0 Å². The standard InChI is InChI=1S/C18H19N3O3S2/c1-20(12-17-19-15-10-6-7-11-16(15)25-17)18(22)13-21(2)26(23,24)14-8-4-3-5-9-14/h3-11H,12-13H2,1-2H3. The zero-order chi connectivity index (χ0) is 18.7. The third-order valence-corrected chi connectivity index (χ3v) is 6.78. The van der Waals surface area contributed by atoms with E-state index in [0.717, 1.165) is 19.5 Å². The van der Waals surface area contributed by atoms with Gasteiger partial charge in [-0.2, -0.15) is 4.31 Å². The molecule has 2 aromatic carbocycles. The molecule has 1 aromatic heterocycles. The molecule has 0 bridgehead atoms. The number of nitrogens with zero attached hydrogens (tertiary/aromatic N) is 3. The minimum absolute atomic E-state index is 0.170. The predicted octanol–water partition coefficient (Wildman–Crippen LogP) is 2.58. The Labute approximate surface area is 156 Å². The summed E-state index contributed by atoms with van der Waals surface area (Å²) in [5.41, 5.74) is 0.900. The van der Waals surface area contributed by atoms with E-state index in [0.29, 0.717) is 6.54 Å². The van der Waals surface area contributed by atoms with Crippen molar-refractivity contribution in [2.75, 3.05) is 20.6 Å². The van der Waals surface area contributed by atoms with Gasteiger partial charge in [-0.05, 0) is 24.3 Å². The monoisotopic (exact) mass is 389 g/mol. The zero-order valence-electron chi connectivity index (χ0n) is 14.5. The zero-order valence-corrected chi connectivity index (χ0v) is 16.1. The number of aromatic nitrogens is 1. The lowest BCUT2D eigenvalue weighted by atomic mass is 10.3. The first-order valence-corrected chi connectivity index (χ1v) is 10.2. The van der Waals surface area contributed by atoms with E-state index >= 15 is 0 Å². The Balaban J connectivity index is 1.67. The number of amides is 1. The second-order valence-electron chi connectivity index (χ2n) is 5.90. The quantitative estimate of drug-likeness (QED) is 0.650. The summed E-state index contributed by atoms with van der Waals surface area (Å²) in [6.45, 7) is 0.121. The summed E-state index contributed by atoms with van der Waals surface area (Å²) in [6.07, 6.45) is 0. The molecule has 3 aromatic rings. The number of para-hydroxylation sites is 1. The van der Waals surface area contributed by atoms with Crippen molar-refractivity contribution in [3.05, 3.63) is 59.6 Å². The Morgan fingerprint density at radius 3 is 2.38 bits per heavy atom. The number of hydrogen-bond donors (Lipinski definition) is 0. The molecule has 8 heteroatoms. The van der Waals surface area contributed by atoms with Gasteiger partial charge >= 0.3 is 0 Å². The van der Waals surface area contributed by atoms with Crippen LogP contribution in [0.25, 0.3) is 10.2 Å². The number of rotatable bonds is 6. The summed E-state index contributed by atoms with van der Waals surface area (Å²) in [4.78, 5) is 18.6. The third-order valence-electron chi connectivity index (χ3n) is 3.95. The van der Waals surface area contributed by atoms with Gasteiger partial charge in [-0.25, -0.2) is 13.4 Å². The third kappa shape index (κ3) is 3.92. The van der Waals surface area contributed by atoms with Crippen LogP contribution in [-0.2, 0) is 21.4 Å². The number of hydrogen-bond acceptors (Lipinski definition) is 5. The lowest BCUT2D eigenvalue weighted by molar-refractivity contribution is -0.130. The molecule has 0 spiro atoms. The number of carbonyl (C=O) groups is 1. The summed E-state index contributed by atoms with van der Waals surface area (Å²) in [5, 5.41) is 0.815. The van der Waals surface area contributed by atoms with E-state index < -0.39 is 10.0 Å². The summed E-state index contributed by atoms with van der Waals surface area (Å²) < 4.78 is 27.2. The maximum atomic E-state index is 12.5. The molecule has 0 N–H and O–H groups in total. The van der Waals surface area contributed by atoms with Crippen molar-refractivity contribution in [1.82, 2.24) is 14.2 Å². The first kappa shape index (κ1) is 18.5. The summed E-state index contributed by atoms with van der Waals surface area (Å²) in [5.74, 6) is -0.286. The molecule has 3 rings (SSSR count). The smallest absolute Gasteiger partial charge is 0.243 e. The van der Waals surface area contributed by atoms with Crippen LogP contribution in [0.1, 0.15) is 5.01 Å². The summed E-state index contributed by atoms with van der Waals surface area (Å²) in [7, 11) is -0.629. The second kappa shape index (κ2) is 7.53. The number of fused-ring (bicyclic) bond motifs is 1. The van der Waals surface area contributed by atoms with Crippen LogP contribution in [0.3, 0.4) is 0 Å². The van der Waals surface area contributed by atoms with Gasteiger partial charge in [-0.3, -0.25) is 4.79 Å². The maximum Gasteiger partial charge on any atom is 0.243 e. The highest BCUT2D eigenvalue weighted by Crippen LogP contribution is 2.22. The fourth-order valence-corrected chi connectivity index (χ4v) is 4.61. The highest BCUT2D eigenvalue weighted by Gasteiger charge is 2.24. The van der Waals surface area contributed by atoms with E-state index in [1.54, 1.807) is 25.2 Å². The van der Waals surface area contributed by atoms with Gasteiger partial charge in [0.25, 0.3) is 0 Å². The molecule has 0 aliphatic carbocycles. The molecule has 136 valence electrons. The van der Waals surface area contributed by atoms with Crippen molar-refractivity contribution in [1.29, 1.82) is 0 Å². The van der Waals surface area contributed by atoms with Gasteiger partial charge < -0.3 is 4.90 Å². The molecule has 1 heterocycles. The van der Waals surface area contributed by atoms with E-state index in [9.17, 15) is 13.2 Å². The van der Waals surface area contributed by atoms with Crippen molar-refractivity contribution in [2.24, 2.45) is 0 Å². The van der Waals surface area contributed by atoms with Crippen molar-refractivity contribution < 1.29 is 13.2 Å². The SMILES string of the molecule is CN(Cc1nc2ccccc2s1)C(=O)CN(C)S(=O)(=O)c1ccccc1. The average molecular weight is 390 g/mol. The number of benzene rings is 2. The number of likely N-dealkylation sites (N-methyl/N-ethyl adjacent to an activating group) is 2. The van der Waals surface area contributed by atoms with Gasteiger partial charge in [0.05, 0.1) is 28.2 Å². The van der Waals surface area contributed by atoms with Crippen LogP contribution in [0, 0.1) is 0 Å². The molecule has 6 nitrogen and oxygen atoms in total. The summed E-state index contributed by atoms with van der Waals surface area (Å²) in [6, 6.07) is 15.9. The normalized spacial score (nSPS) is 11.8. The highest BCUT2D eigenvalue weighted by atomic mass is 32.2. The molecule has 0 atom stereocenters. The molecule has 26 heavy (non-hydrogen) atoms. The van der Waals surface area contributed by atoms with Crippen molar-refractivity contribution >= 4 is 37.5 Å². The van der Waals surface area contributed by atoms with E-state index in [2.05, 4.69) is 4.98 Å². The molecule has 0 saturated carbocycles. The maximum absolute atomic E-state index is 12.5. The molecule has 0 saturated heterocycles. The molecular weight excluding hydrogens is 370 g/mol. The molecule has 0 radical (unpaired) electrons. The lowest BCUT2D eigenvalue weighted by Gasteiger charge is -2.21. The largest absolute Gasteiger partial charge is 0.338 e. The van der Waals surface area contributed by atoms with Gasteiger partial charge in [0.2, 0.25) is 15.9 Å². The molecule has 0 fully saturated rings. The summed E-state index contributed by atoms with van der Waals surface area (Å²) >= 11 is 1.53. The number of carbonyl (C=O) groups excluding carboxylic acids is 1. The van der Waals surface area contributed by atoms with Gasteiger partial charge in [0.15, 0.2) is 0 Å². The molecule has 0 aliphatic heterocycles. The Hall–Kier alpha value is -2.29. The highest BCUT2D eigenvalue weighted by molar-refractivity contribution is 7.89.